The first kappa shape index (κ1) is 47.6. The maximum atomic E-state index is 14.3. The SMILES string of the molecule is CC[C@H](C)[C@@H]([C@@H](CC(=O)N1C[C@H](OC)C[C@@H]1[C@H](OC)[C@@H](C)C(=O)N[C@@H](C)C(=O)c1c(F)cccc1F)OC)N(C)C(=O)C(NC(=O)[C@@H](NC)C(C)C)C(C)C. The molecule has 312 valence electrons. The van der Waals surface area contributed by atoms with Crippen molar-refractivity contribution in [3.63, 3.8) is 0 Å². The summed E-state index contributed by atoms with van der Waals surface area (Å²) < 4.78 is 46.1. The van der Waals surface area contributed by atoms with E-state index in [0.29, 0.717) is 12.8 Å². The maximum Gasteiger partial charge on any atom is 0.245 e. The van der Waals surface area contributed by atoms with Gasteiger partial charge in [-0.05, 0) is 50.3 Å². The van der Waals surface area contributed by atoms with Crippen LogP contribution >= 0.6 is 0 Å². The lowest BCUT2D eigenvalue weighted by atomic mass is 9.89. The highest BCUT2D eigenvalue weighted by Crippen LogP contribution is 2.31. The molecule has 0 aliphatic carbocycles. The highest BCUT2D eigenvalue weighted by molar-refractivity contribution is 6.02. The fourth-order valence-corrected chi connectivity index (χ4v) is 7.56. The number of ketones is 1. The topological polar surface area (TPSA) is 156 Å². The van der Waals surface area contributed by atoms with Gasteiger partial charge in [-0.3, -0.25) is 24.0 Å². The van der Waals surface area contributed by atoms with Crippen LogP contribution in [0.1, 0.15) is 85.0 Å². The van der Waals surface area contributed by atoms with E-state index in [-0.39, 0.29) is 54.5 Å². The number of amides is 4. The monoisotopic (exact) mass is 781 g/mol. The fraction of sp³-hybridized carbons (Fsp3) is 0.725. The second kappa shape index (κ2) is 21.7. The van der Waals surface area contributed by atoms with Gasteiger partial charge < -0.3 is 40.0 Å². The van der Waals surface area contributed by atoms with Crippen LogP contribution in [-0.2, 0) is 33.4 Å². The van der Waals surface area contributed by atoms with Gasteiger partial charge in [0.25, 0.3) is 0 Å². The molecule has 1 aliphatic rings. The van der Waals surface area contributed by atoms with Crippen molar-refractivity contribution in [1.82, 2.24) is 25.8 Å². The van der Waals surface area contributed by atoms with Crippen molar-refractivity contribution in [1.29, 1.82) is 0 Å². The second-order valence-corrected chi connectivity index (χ2v) is 15.4. The molecule has 1 saturated heterocycles. The quantitative estimate of drug-likeness (QED) is 0.159. The largest absolute Gasteiger partial charge is 0.380 e. The number of methoxy groups -OCH3 is 3. The normalized spacial score (nSPS) is 20.3. The summed E-state index contributed by atoms with van der Waals surface area (Å²) in [6, 6.07) is -0.653. The van der Waals surface area contributed by atoms with Gasteiger partial charge in [0.1, 0.15) is 17.7 Å². The van der Waals surface area contributed by atoms with Crippen LogP contribution in [0.2, 0.25) is 0 Å². The van der Waals surface area contributed by atoms with Gasteiger partial charge in [0.05, 0.1) is 60.4 Å². The van der Waals surface area contributed by atoms with E-state index >= 15 is 0 Å². The zero-order valence-corrected chi connectivity index (χ0v) is 34.9. The van der Waals surface area contributed by atoms with E-state index in [1.165, 1.54) is 28.3 Å². The Morgan fingerprint density at radius 1 is 0.891 bits per heavy atom. The van der Waals surface area contributed by atoms with E-state index in [4.69, 9.17) is 14.2 Å². The van der Waals surface area contributed by atoms with Crippen molar-refractivity contribution < 1.29 is 47.0 Å². The molecule has 1 aromatic carbocycles. The molecule has 0 saturated carbocycles. The zero-order valence-electron chi connectivity index (χ0n) is 34.9. The number of carbonyl (C=O) groups excluding carboxylic acids is 5. The van der Waals surface area contributed by atoms with E-state index in [1.54, 1.807) is 30.8 Å². The van der Waals surface area contributed by atoms with Crippen LogP contribution in [0.5, 0.6) is 0 Å². The number of carbonyl (C=O) groups is 5. The summed E-state index contributed by atoms with van der Waals surface area (Å²) in [5, 5.41) is 8.53. The van der Waals surface area contributed by atoms with Gasteiger partial charge in [0, 0.05) is 34.9 Å². The summed E-state index contributed by atoms with van der Waals surface area (Å²) in [6.45, 7) is 14.7. The Bertz CT molecular complexity index is 1440. The van der Waals surface area contributed by atoms with Crippen molar-refractivity contribution in [2.45, 2.75) is 123 Å². The Morgan fingerprint density at radius 2 is 1.47 bits per heavy atom. The van der Waals surface area contributed by atoms with Crippen LogP contribution in [0.25, 0.3) is 0 Å². The van der Waals surface area contributed by atoms with Crippen LogP contribution in [0.15, 0.2) is 18.2 Å². The van der Waals surface area contributed by atoms with E-state index in [9.17, 15) is 32.8 Å². The van der Waals surface area contributed by atoms with Crippen molar-refractivity contribution in [2.24, 2.45) is 23.7 Å². The van der Waals surface area contributed by atoms with Gasteiger partial charge in [0.15, 0.2) is 5.78 Å². The Morgan fingerprint density at radius 3 is 1.95 bits per heavy atom. The van der Waals surface area contributed by atoms with Crippen LogP contribution in [-0.4, -0.2) is 130 Å². The van der Waals surface area contributed by atoms with Crippen LogP contribution in [0.4, 0.5) is 8.78 Å². The number of likely N-dealkylation sites (N-methyl/N-ethyl adjacent to an activating group) is 2. The summed E-state index contributed by atoms with van der Waals surface area (Å²) in [4.78, 5) is 71.3. The maximum absolute atomic E-state index is 14.3. The number of nitrogens with one attached hydrogen (secondary N) is 3. The molecule has 0 spiro atoms. The van der Waals surface area contributed by atoms with E-state index in [2.05, 4.69) is 16.0 Å². The third kappa shape index (κ3) is 11.7. The number of benzene rings is 1. The first-order valence-electron chi connectivity index (χ1n) is 19.2. The lowest BCUT2D eigenvalue weighted by Crippen LogP contribution is -2.59. The van der Waals surface area contributed by atoms with Crippen LogP contribution in [0.3, 0.4) is 0 Å². The number of halogens is 2. The predicted molar refractivity (Wildman–Crippen MR) is 205 cm³/mol. The fourth-order valence-electron chi connectivity index (χ4n) is 7.56. The molecule has 55 heavy (non-hydrogen) atoms. The average Bonchev–Trinajstić information content (AvgIpc) is 3.57. The number of nitrogens with zero attached hydrogens (tertiary/aromatic N) is 2. The molecule has 1 heterocycles. The molecule has 1 fully saturated rings. The molecule has 15 heteroatoms. The van der Waals surface area contributed by atoms with Gasteiger partial charge in [-0.25, -0.2) is 8.78 Å². The van der Waals surface area contributed by atoms with Gasteiger partial charge in [-0.2, -0.15) is 0 Å². The van der Waals surface area contributed by atoms with Crippen molar-refractivity contribution in [3.05, 3.63) is 35.4 Å². The van der Waals surface area contributed by atoms with Crippen LogP contribution < -0.4 is 16.0 Å². The summed E-state index contributed by atoms with van der Waals surface area (Å²) in [7, 11) is 7.81. The molecular formula is C40H65F2N5O8. The van der Waals surface area contributed by atoms with E-state index in [0.717, 1.165) is 18.2 Å². The molecule has 3 N–H and O–H groups in total. The number of ether oxygens (including phenoxy) is 3. The molecule has 4 amide bonds. The first-order valence-corrected chi connectivity index (χ1v) is 19.2. The molecule has 1 unspecified atom stereocenters. The molecule has 0 aromatic heterocycles. The van der Waals surface area contributed by atoms with Gasteiger partial charge in [-0.15, -0.1) is 0 Å². The molecule has 2 rings (SSSR count). The molecule has 13 nitrogen and oxygen atoms in total. The van der Waals surface area contributed by atoms with Crippen molar-refractivity contribution in [3.8, 4) is 0 Å². The zero-order chi connectivity index (χ0) is 41.9. The number of likely N-dealkylation sites (tertiary alicyclic amines) is 1. The minimum absolute atomic E-state index is 0.00568. The van der Waals surface area contributed by atoms with E-state index < -0.39 is 77.2 Å². The third-order valence-corrected chi connectivity index (χ3v) is 11.0. The highest BCUT2D eigenvalue weighted by atomic mass is 19.1. The number of Topliss-reactive ketones (excluding diaryl/α,β-unsaturated/α-hetero) is 1. The Hall–Kier alpha value is -3.53. The van der Waals surface area contributed by atoms with Gasteiger partial charge in [-0.1, -0.05) is 61.0 Å². The molecule has 0 bridgehead atoms. The summed E-state index contributed by atoms with van der Waals surface area (Å²) in [6.07, 6.45) is -1.06. The third-order valence-electron chi connectivity index (χ3n) is 11.0. The lowest BCUT2D eigenvalue weighted by Gasteiger charge is -2.41. The Kier molecular flexibility index (Phi) is 18.8. The van der Waals surface area contributed by atoms with Gasteiger partial charge >= 0.3 is 0 Å². The molecule has 0 radical (unpaired) electrons. The molecular weight excluding hydrogens is 716 g/mol. The number of hydrogen-bond acceptors (Lipinski definition) is 9. The minimum Gasteiger partial charge on any atom is -0.380 e. The molecule has 10 atom stereocenters. The first-order chi connectivity index (χ1) is 25.8. The average molecular weight is 782 g/mol. The van der Waals surface area contributed by atoms with Crippen LogP contribution in [0, 0.1) is 35.3 Å². The number of rotatable bonds is 21. The lowest BCUT2D eigenvalue weighted by molar-refractivity contribution is -0.148. The summed E-state index contributed by atoms with van der Waals surface area (Å²) in [5.74, 6) is -5.72. The number of hydrogen-bond donors (Lipinski definition) is 3. The Labute approximate surface area is 325 Å². The Balaban J connectivity index is 2.34. The van der Waals surface area contributed by atoms with Crippen molar-refractivity contribution in [2.75, 3.05) is 42.0 Å². The highest BCUT2D eigenvalue weighted by Gasteiger charge is 2.46. The standard InChI is InChI=1S/C40H65F2N5O8/c1-14-23(6)35(46(10)40(52)34(22(4)5)45-39(51)33(43-9)21(2)3)30(54-12)19-31(48)47-20-26(53-11)18-29(47)37(55-13)24(7)38(50)44-25(8)36(49)32-27(41)16-15-17-28(32)42/h15-17,21-26,29-30,33-35,37,43H,14,18-20H2,1-13H3,(H,44,50)(H,45,51)/t23-,24+,25-,26+,29+,30+,33-,34?,35-,37+/m0/s1. The molecule has 1 aromatic rings. The minimum atomic E-state index is -1.25. The van der Waals surface area contributed by atoms with Crippen molar-refractivity contribution >= 4 is 29.4 Å². The second-order valence-electron chi connectivity index (χ2n) is 15.4. The molecule has 1 aliphatic heterocycles. The van der Waals surface area contributed by atoms with E-state index in [1.807, 2.05) is 41.5 Å². The summed E-state index contributed by atoms with van der Waals surface area (Å²) in [5.41, 5.74) is -0.740. The predicted octanol–water partition coefficient (Wildman–Crippen LogP) is 3.58. The summed E-state index contributed by atoms with van der Waals surface area (Å²) >= 11 is 0. The smallest absolute Gasteiger partial charge is 0.245 e. The van der Waals surface area contributed by atoms with Gasteiger partial charge in [0.2, 0.25) is 23.6 Å².